The van der Waals surface area contributed by atoms with E-state index in [4.69, 9.17) is 28.6 Å². The van der Waals surface area contributed by atoms with E-state index in [0.29, 0.717) is 31.0 Å². The monoisotopic (exact) mass is 485 g/mol. The molecule has 0 atom stereocenters. The number of amides is 1. The molecule has 8 heteroatoms. The van der Waals surface area contributed by atoms with Crippen LogP contribution in [-0.4, -0.2) is 21.7 Å². The van der Waals surface area contributed by atoms with Gasteiger partial charge in [-0.1, -0.05) is 47.7 Å². The fourth-order valence-electron chi connectivity index (χ4n) is 2.46. The molecule has 1 amide bonds. The first-order valence-electron chi connectivity index (χ1n) is 8.00. The summed E-state index contributed by atoms with van der Waals surface area (Å²) >= 11 is 16.3. The Bertz CT molecular complexity index is 911. The summed E-state index contributed by atoms with van der Waals surface area (Å²) < 4.78 is 20.0. The molecule has 0 radical (unpaired) electrons. The van der Waals surface area contributed by atoms with E-state index in [2.05, 4.69) is 15.9 Å². The lowest BCUT2D eigenvalue weighted by Crippen LogP contribution is -2.27. The van der Waals surface area contributed by atoms with Gasteiger partial charge in [-0.25, -0.2) is 4.39 Å². The van der Waals surface area contributed by atoms with E-state index >= 15 is 0 Å². The second kappa shape index (κ2) is 8.73. The van der Waals surface area contributed by atoms with Gasteiger partial charge in [0, 0.05) is 6.54 Å². The number of hydrogen-bond donors (Lipinski definition) is 0. The third-order valence-corrected chi connectivity index (χ3v) is 6.05. The third kappa shape index (κ3) is 4.71. The predicted octanol–water partition coefficient (Wildman–Crippen LogP) is 6.04. The van der Waals surface area contributed by atoms with Gasteiger partial charge in [-0.15, -0.1) is 0 Å². The van der Waals surface area contributed by atoms with Gasteiger partial charge in [0.15, 0.2) is 5.75 Å². The topological polar surface area (TPSA) is 29.5 Å². The van der Waals surface area contributed by atoms with Crippen molar-refractivity contribution in [1.82, 2.24) is 4.90 Å². The highest BCUT2D eigenvalue weighted by Crippen LogP contribution is 2.38. The van der Waals surface area contributed by atoms with Crippen molar-refractivity contribution < 1.29 is 13.9 Å². The van der Waals surface area contributed by atoms with Gasteiger partial charge in [0.05, 0.1) is 14.4 Å². The highest BCUT2D eigenvalue weighted by Gasteiger charge is 2.30. The minimum Gasteiger partial charge on any atom is -0.486 e. The summed E-state index contributed by atoms with van der Waals surface area (Å²) in [5.41, 5.74) is 1.59. The Morgan fingerprint density at radius 2 is 2.04 bits per heavy atom. The van der Waals surface area contributed by atoms with Crippen LogP contribution in [0.15, 0.2) is 45.8 Å². The molecule has 1 fully saturated rings. The normalized spacial score (nSPS) is 15.7. The van der Waals surface area contributed by atoms with Gasteiger partial charge in [-0.3, -0.25) is 9.69 Å². The van der Waals surface area contributed by atoms with Crippen LogP contribution in [0.4, 0.5) is 4.39 Å². The number of carbonyl (C=O) groups excluding carboxylic acids is 1. The molecule has 2 aromatic rings. The van der Waals surface area contributed by atoms with Crippen molar-refractivity contribution >= 4 is 67.8 Å². The summed E-state index contributed by atoms with van der Waals surface area (Å²) in [6.07, 6.45) is 1.76. The zero-order valence-electron chi connectivity index (χ0n) is 14.2. The summed E-state index contributed by atoms with van der Waals surface area (Å²) in [5, 5.41) is 0.406. The predicted molar refractivity (Wildman–Crippen MR) is 115 cm³/mol. The number of halogens is 3. The van der Waals surface area contributed by atoms with Crippen LogP contribution in [0.25, 0.3) is 6.08 Å². The van der Waals surface area contributed by atoms with Crippen LogP contribution >= 0.6 is 51.5 Å². The van der Waals surface area contributed by atoms with E-state index in [0.717, 1.165) is 11.1 Å². The first-order chi connectivity index (χ1) is 12.9. The average molecular weight is 487 g/mol. The van der Waals surface area contributed by atoms with Crippen LogP contribution < -0.4 is 4.74 Å². The lowest BCUT2D eigenvalue weighted by Gasteiger charge is -2.11. The van der Waals surface area contributed by atoms with E-state index in [-0.39, 0.29) is 18.3 Å². The number of hydrogen-bond acceptors (Lipinski definition) is 4. The first-order valence-corrected chi connectivity index (χ1v) is 10.4. The highest BCUT2D eigenvalue weighted by molar-refractivity contribution is 9.10. The summed E-state index contributed by atoms with van der Waals surface area (Å²) in [5.74, 6) is 0.0893. The second-order valence-corrected chi connectivity index (χ2v) is 8.59. The van der Waals surface area contributed by atoms with Gasteiger partial charge in [-0.2, -0.15) is 0 Å². The Morgan fingerprint density at radius 1 is 1.33 bits per heavy atom. The molecule has 0 saturated carbocycles. The fraction of sp³-hybridized carbons (Fsp3) is 0.158. The van der Waals surface area contributed by atoms with Crippen LogP contribution in [0, 0.1) is 5.82 Å². The van der Waals surface area contributed by atoms with Gasteiger partial charge in [-0.05, 0) is 64.3 Å². The van der Waals surface area contributed by atoms with Crippen molar-refractivity contribution in [1.29, 1.82) is 0 Å². The van der Waals surface area contributed by atoms with E-state index in [9.17, 15) is 9.18 Å². The number of rotatable bonds is 5. The van der Waals surface area contributed by atoms with Crippen molar-refractivity contribution in [2.75, 3.05) is 6.54 Å². The first kappa shape index (κ1) is 20.3. The minimum absolute atomic E-state index is 0.101. The molecule has 0 spiro atoms. The van der Waals surface area contributed by atoms with E-state index < -0.39 is 0 Å². The summed E-state index contributed by atoms with van der Waals surface area (Å²) in [4.78, 5) is 14.4. The molecule has 1 saturated heterocycles. The summed E-state index contributed by atoms with van der Waals surface area (Å²) in [6, 6.07) is 9.62. The molecular weight excluding hydrogens is 473 g/mol. The van der Waals surface area contributed by atoms with Crippen molar-refractivity contribution in [2.45, 2.75) is 13.5 Å². The second-order valence-electron chi connectivity index (χ2n) is 5.65. The number of benzene rings is 2. The van der Waals surface area contributed by atoms with Gasteiger partial charge in [0.25, 0.3) is 5.91 Å². The number of likely N-dealkylation sites (N-methyl/N-ethyl adjacent to an activating group) is 1. The van der Waals surface area contributed by atoms with Gasteiger partial charge >= 0.3 is 0 Å². The Balaban J connectivity index is 1.79. The maximum atomic E-state index is 13.0. The third-order valence-electron chi connectivity index (χ3n) is 3.80. The number of carbonyl (C=O) groups is 1. The van der Waals surface area contributed by atoms with Crippen molar-refractivity contribution in [3.8, 4) is 5.75 Å². The van der Waals surface area contributed by atoms with Crippen LogP contribution in [-0.2, 0) is 11.4 Å². The van der Waals surface area contributed by atoms with Gasteiger partial charge in [0.2, 0.25) is 0 Å². The Hall–Kier alpha value is -1.41. The zero-order chi connectivity index (χ0) is 19.6. The Kier molecular flexibility index (Phi) is 6.57. The lowest BCUT2D eigenvalue weighted by molar-refractivity contribution is -0.121. The maximum Gasteiger partial charge on any atom is 0.266 e. The smallest absolute Gasteiger partial charge is 0.266 e. The van der Waals surface area contributed by atoms with E-state index in [1.165, 1.54) is 23.9 Å². The van der Waals surface area contributed by atoms with Gasteiger partial charge < -0.3 is 4.74 Å². The van der Waals surface area contributed by atoms with Crippen LogP contribution in [0.1, 0.15) is 18.1 Å². The Morgan fingerprint density at radius 3 is 2.63 bits per heavy atom. The number of nitrogens with zero attached hydrogens (tertiary/aromatic N) is 1. The maximum absolute atomic E-state index is 13.0. The van der Waals surface area contributed by atoms with Crippen molar-refractivity contribution in [3.63, 3.8) is 0 Å². The Labute approximate surface area is 179 Å². The molecular formula is C19H14BrClFNO2S2. The number of thiocarbonyl (C=S) groups is 1. The molecule has 3 nitrogen and oxygen atoms in total. The minimum atomic E-state index is -0.296. The standard InChI is InChI=1S/C19H14BrClFNO2S2/c1-2-23-18(24)16(27-19(23)26)9-12-7-14(20)17(15(21)8-12)25-10-11-3-5-13(22)6-4-11/h3-9H,2,10H2,1H3/b16-9-. The molecule has 140 valence electrons. The molecule has 0 aromatic heterocycles. The lowest BCUT2D eigenvalue weighted by atomic mass is 10.2. The van der Waals surface area contributed by atoms with E-state index in [1.54, 1.807) is 29.2 Å². The molecule has 1 aliphatic heterocycles. The zero-order valence-corrected chi connectivity index (χ0v) is 18.1. The largest absolute Gasteiger partial charge is 0.486 e. The average Bonchev–Trinajstić information content (AvgIpc) is 2.88. The summed E-state index contributed by atoms with van der Waals surface area (Å²) in [7, 11) is 0. The molecule has 1 aliphatic rings. The molecule has 2 aromatic carbocycles. The number of ether oxygens (including phenoxy) is 1. The van der Waals surface area contributed by atoms with Crippen LogP contribution in [0.2, 0.25) is 5.02 Å². The highest BCUT2D eigenvalue weighted by atomic mass is 79.9. The molecule has 0 aliphatic carbocycles. The molecule has 0 bridgehead atoms. The molecule has 3 rings (SSSR count). The summed E-state index contributed by atoms with van der Waals surface area (Å²) in [6.45, 7) is 2.68. The molecule has 27 heavy (non-hydrogen) atoms. The van der Waals surface area contributed by atoms with Crippen molar-refractivity contribution in [2.24, 2.45) is 0 Å². The number of thioether (sulfide) groups is 1. The quantitative estimate of drug-likeness (QED) is 0.380. The molecule has 0 N–H and O–H groups in total. The molecule has 1 heterocycles. The molecule has 0 unspecified atom stereocenters. The van der Waals surface area contributed by atoms with Crippen LogP contribution in [0.5, 0.6) is 5.75 Å². The van der Waals surface area contributed by atoms with Gasteiger partial charge in [0.1, 0.15) is 16.7 Å². The fourth-order valence-corrected chi connectivity index (χ4v) is 4.83. The van der Waals surface area contributed by atoms with Crippen molar-refractivity contribution in [3.05, 3.63) is 67.7 Å². The van der Waals surface area contributed by atoms with E-state index in [1.807, 2.05) is 13.0 Å². The van der Waals surface area contributed by atoms with Crippen LogP contribution in [0.3, 0.4) is 0 Å². The SMILES string of the molecule is CCN1C(=O)/C(=C/c2cc(Cl)c(OCc3ccc(F)cc3)c(Br)c2)SC1=S.